The summed E-state index contributed by atoms with van der Waals surface area (Å²) in [5.74, 6) is -0.376. The Kier molecular flexibility index (Phi) is 3.99. The molecule has 0 radical (unpaired) electrons. The van der Waals surface area contributed by atoms with Crippen molar-refractivity contribution in [1.29, 1.82) is 0 Å². The molecule has 4 heteroatoms. The van der Waals surface area contributed by atoms with Crippen LogP contribution < -0.4 is 11.1 Å². The summed E-state index contributed by atoms with van der Waals surface area (Å²) in [4.78, 5) is 11.3. The molecule has 0 aliphatic rings. The molecule has 17 heavy (non-hydrogen) atoms. The predicted octanol–water partition coefficient (Wildman–Crippen LogP) is 2.51. The van der Waals surface area contributed by atoms with Crippen LogP contribution in [0.2, 0.25) is 0 Å². The summed E-state index contributed by atoms with van der Waals surface area (Å²) in [6.45, 7) is 7.23. The highest BCUT2D eigenvalue weighted by molar-refractivity contribution is 5.91. The van der Waals surface area contributed by atoms with Crippen molar-refractivity contribution in [3.05, 3.63) is 23.8 Å². The summed E-state index contributed by atoms with van der Waals surface area (Å²) in [6.07, 6.45) is 0. The minimum atomic E-state index is -0.376. The maximum atomic E-state index is 11.3. The van der Waals surface area contributed by atoms with Gasteiger partial charge in [-0.25, -0.2) is 4.79 Å². The Hall–Kier alpha value is -1.71. The van der Waals surface area contributed by atoms with Gasteiger partial charge in [0.2, 0.25) is 0 Å². The number of nitrogen functional groups attached to an aromatic ring is 1. The first-order chi connectivity index (χ1) is 7.83. The van der Waals surface area contributed by atoms with E-state index in [2.05, 4.69) is 30.8 Å². The summed E-state index contributed by atoms with van der Waals surface area (Å²) < 4.78 is 4.63. The number of esters is 1. The zero-order valence-corrected chi connectivity index (χ0v) is 10.8. The molecule has 0 fully saturated rings. The molecule has 0 heterocycles. The van der Waals surface area contributed by atoms with Crippen molar-refractivity contribution in [3.8, 4) is 0 Å². The summed E-state index contributed by atoms with van der Waals surface area (Å²) in [5.41, 5.74) is 7.90. The van der Waals surface area contributed by atoms with Gasteiger partial charge in [-0.15, -0.1) is 0 Å². The van der Waals surface area contributed by atoms with Gasteiger partial charge in [0.05, 0.1) is 24.0 Å². The minimum Gasteiger partial charge on any atom is -0.465 e. The summed E-state index contributed by atoms with van der Waals surface area (Å²) in [6, 6.07) is 5.12. The first-order valence-corrected chi connectivity index (χ1v) is 5.55. The van der Waals surface area contributed by atoms with E-state index in [4.69, 9.17) is 5.73 Å². The van der Waals surface area contributed by atoms with Gasteiger partial charge in [0, 0.05) is 6.54 Å². The lowest BCUT2D eigenvalue weighted by Gasteiger charge is -2.20. The molecule has 0 aromatic heterocycles. The summed E-state index contributed by atoms with van der Waals surface area (Å²) >= 11 is 0. The third-order valence-electron chi connectivity index (χ3n) is 2.28. The van der Waals surface area contributed by atoms with E-state index in [-0.39, 0.29) is 11.4 Å². The number of methoxy groups -OCH3 is 1. The second kappa shape index (κ2) is 5.08. The molecule has 0 saturated heterocycles. The number of hydrogen-bond acceptors (Lipinski definition) is 4. The maximum Gasteiger partial charge on any atom is 0.337 e. The third-order valence-corrected chi connectivity index (χ3v) is 2.28. The van der Waals surface area contributed by atoms with Crippen molar-refractivity contribution >= 4 is 17.3 Å². The highest BCUT2D eigenvalue weighted by atomic mass is 16.5. The quantitative estimate of drug-likeness (QED) is 0.625. The molecule has 0 aliphatic heterocycles. The number of hydrogen-bond donors (Lipinski definition) is 2. The topological polar surface area (TPSA) is 64.3 Å². The van der Waals surface area contributed by atoms with Gasteiger partial charge in [0.25, 0.3) is 0 Å². The minimum absolute atomic E-state index is 0.174. The second-order valence-electron chi connectivity index (χ2n) is 5.21. The van der Waals surface area contributed by atoms with Gasteiger partial charge in [0.15, 0.2) is 0 Å². The zero-order chi connectivity index (χ0) is 13.1. The largest absolute Gasteiger partial charge is 0.465 e. The van der Waals surface area contributed by atoms with Crippen molar-refractivity contribution in [2.24, 2.45) is 5.41 Å². The Morgan fingerprint density at radius 3 is 2.53 bits per heavy atom. The molecule has 0 spiro atoms. The number of rotatable bonds is 3. The molecule has 0 bridgehead atoms. The Morgan fingerprint density at radius 1 is 1.41 bits per heavy atom. The van der Waals surface area contributed by atoms with Crippen LogP contribution in [-0.4, -0.2) is 19.6 Å². The molecule has 1 aromatic carbocycles. The molecular weight excluding hydrogens is 216 g/mol. The van der Waals surface area contributed by atoms with Crippen LogP contribution in [0.15, 0.2) is 18.2 Å². The van der Waals surface area contributed by atoms with E-state index in [1.54, 1.807) is 18.2 Å². The van der Waals surface area contributed by atoms with E-state index < -0.39 is 0 Å². The number of nitrogens with two attached hydrogens (primary N) is 1. The number of nitrogens with one attached hydrogen (secondary N) is 1. The van der Waals surface area contributed by atoms with Gasteiger partial charge in [-0.2, -0.15) is 0 Å². The predicted molar refractivity (Wildman–Crippen MR) is 70.1 cm³/mol. The third kappa shape index (κ3) is 3.98. The van der Waals surface area contributed by atoms with Crippen molar-refractivity contribution in [2.75, 3.05) is 24.7 Å². The van der Waals surface area contributed by atoms with Gasteiger partial charge < -0.3 is 15.8 Å². The first-order valence-electron chi connectivity index (χ1n) is 5.55. The Morgan fingerprint density at radius 2 is 2.06 bits per heavy atom. The highest BCUT2D eigenvalue weighted by Crippen LogP contribution is 2.22. The molecule has 0 aliphatic carbocycles. The van der Waals surface area contributed by atoms with E-state index in [1.807, 2.05) is 0 Å². The number of anilines is 2. The fraction of sp³-hybridized carbons (Fsp3) is 0.462. The average molecular weight is 236 g/mol. The lowest BCUT2D eigenvalue weighted by atomic mass is 9.97. The van der Waals surface area contributed by atoms with Gasteiger partial charge >= 0.3 is 5.97 Å². The van der Waals surface area contributed by atoms with Crippen molar-refractivity contribution in [2.45, 2.75) is 20.8 Å². The van der Waals surface area contributed by atoms with Crippen LogP contribution in [0.4, 0.5) is 11.4 Å². The molecule has 0 saturated carbocycles. The van der Waals surface area contributed by atoms with Crippen molar-refractivity contribution < 1.29 is 9.53 Å². The fourth-order valence-electron chi connectivity index (χ4n) is 1.33. The monoisotopic (exact) mass is 236 g/mol. The second-order valence-corrected chi connectivity index (χ2v) is 5.21. The molecule has 3 N–H and O–H groups in total. The smallest absolute Gasteiger partial charge is 0.337 e. The first kappa shape index (κ1) is 13.4. The van der Waals surface area contributed by atoms with Gasteiger partial charge in [-0.3, -0.25) is 0 Å². The molecular formula is C13H20N2O2. The number of carbonyl (C=O) groups is 1. The SMILES string of the molecule is COC(=O)c1ccc(NCC(C)(C)C)c(N)c1. The maximum absolute atomic E-state index is 11.3. The number of benzene rings is 1. The van der Waals surface area contributed by atoms with Crippen LogP contribution in [-0.2, 0) is 4.74 Å². The van der Waals surface area contributed by atoms with Crippen molar-refractivity contribution in [1.82, 2.24) is 0 Å². The fourth-order valence-corrected chi connectivity index (χ4v) is 1.33. The van der Waals surface area contributed by atoms with Crippen LogP contribution in [0, 0.1) is 5.41 Å². The molecule has 94 valence electrons. The normalized spacial score (nSPS) is 11.1. The van der Waals surface area contributed by atoms with E-state index in [0.29, 0.717) is 11.3 Å². The zero-order valence-electron chi connectivity index (χ0n) is 10.8. The number of ether oxygens (including phenoxy) is 1. The standard InChI is InChI=1S/C13H20N2O2/c1-13(2,3)8-15-11-6-5-9(7-10(11)14)12(16)17-4/h5-7,15H,8,14H2,1-4H3. The Balaban J connectivity index is 2.80. The van der Waals surface area contributed by atoms with E-state index >= 15 is 0 Å². The van der Waals surface area contributed by atoms with Crippen LogP contribution in [0.5, 0.6) is 0 Å². The lowest BCUT2D eigenvalue weighted by molar-refractivity contribution is 0.0601. The lowest BCUT2D eigenvalue weighted by Crippen LogP contribution is -2.19. The number of carbonyl (C=O) groups excluding carboxylic acids is 1. The molecule has 1 aromatic rings. The molecule has 4 nitrogen and oxygen atoms in total. The van der Waals surface area contributed by atoms with Gasteiger partial charge in [0.1, 0.15) is 0 Å². The molecule has 0 atom stereocenters. The van der Waals surface area contributed by atoms with Crippen LogP contribution in [0.1, 0.15) is 31.1 Å². The van der Waals surface area contributed by atoms with E-state index in [0.717, 1.165) is 12.2 Å². The van der Waals surface area contributed by atoms with Crippen LogP contribution >= 0.6 is 0 Å². The van der Waals surface area contributed by atoms with Gasteiger partial charge in [-0.1, -0.05) is 20.8 Å². The summed E-state index contributed by atoms with van der Waals surface area (Å²) in [5, 5.41) is 3.26. The Bertz CT molecular complexity index is 408. The molecule has 1 rings (SSSR count). The van der Waals surface area contributed by atoms with Crippen LogP contribution in [0.3, 0.4) is 0 Å². The van der Waals surface area contributed by atoms with E-state index in [9.17, 15) is 4.79 Å². The van der Waals surface area contributed by atoms with Gasteiger partial charge in [-0.05, 0) is 23.6 Å². The molecule has 0 unspecified atom stereocenters. The van der Waals surface area contributed by atoms with Crippen molar-refractivity contribution in [3.63, 3.8) is 0 Å². The highest BCUT2D eigenvalue weighted by Gasteiger charge is 2.12. The summed E-state index contributed by atoms with van der Waals surface area (Å²) in [7, 11) is 1.35. The average Bonchev–Trinajstić information content (AvgIpc) is 2.25. The van der Waals surface area contributed by atoms with E-state index in [1.165, 1.54) is 7.11 Å². The van der Waals surface area contributed by atoms with Crippen LogP contribution in [0.25, 0.3) is 0 Å². The molecule has 0 amide bonds. The Labute approximate surface area is 102 Å².